The SMILES string of the molecule is C=CCc1cc(C=C2C(=O)NC(=O)N(C3CCCCC3)C2=O)cc(OC)c1OCc1ccc(Cl)cc1Cl. The number of nitrogens with zero attached hydrogens (tertiary/aromatic N) is 1. The Morgan fingerprint density at radius 1 is 1.08 bits per heavy atom. The molecule has 0 aromatic heterocycles. The molecule has 2 fully saturated rings. The lowest BCUT2D eigenvalue weighted by molar-refractivity contribution is -0.132. The van der Waals surface area contributed by atoms with Crippen molar-refractivity contribution in [2.24, 2.45) is 0 Å². The Hall–Kier alpha value is -3.29. The van der Waals surface area contributed by atoms with E-state index in [0.717, 1.165) is 43.2 Å². The second kappa shape index (κ2) is 11.8. The van der Waals surface area contributed by atoms with E-state index < -0.39 is 17.8 Å². The van der Waals surface area contributed by atoms with Gasteiger partial charge in [0.1, 0.15) is 12.2 Å². The number of imide groups is 2. The van der Waals surface area contributed by atoms with Gasteiger partial charge >= 0.3 is 6.03 Å². The van der Waals surface area contributed by atoms with Gasteiger partial charge in [0, 0.05) is 27.2 Å². The number of ether oxygens (including phenoxy) is 2. The van der Waals surface area contributed by atoms with E-state index in [1.807, 2.05) is 0 Å². The first-order valence-electron chi connectivity index (χ1n) is 12.1. The predicted molar refractivity (Wildman–Crippen MR) is 143 cm³/mol. The van der Waals surface area contributed by atoms with E-state index in [1.165, 1.54) is 18.1 Å². The predicted octanol–water partition coefficient (Wildman–Crippen LogP) is 6.10. The molecule has 0 bridgehead atoms. The van der Waals surface area contributed by atoms with Gasteiger partial charge in [-0.2, -0.15) is 0 Å². The minimum atomic E-state index is -0.719. The van der Waals surface area contributed by atoms with Crippen molar-refractivity contribution in [1.29, 1.82) is 0 Å². The van der Waals surface area contributed by atoms with Crippen LogP contribution >= 0.6 is 23.2 Å². The summed E-state index contributed by atoms with van der Waals surface area (Å²) >= 11 is 12.3. The van der Waals surface area contributed by atoms with Crippen LogP contribution in [0, 0.1) is 0 Å². The van der Waals surface area contributed by atoms with Crippen LogP contribution in [0.15, 0.2) is 48.6 Å². The zero-order valence-corrected chi connectivity index (χ0v) is 22.0. The fourth-order valence-corrected chi connectivity index (χ4v) is 5.15. The number of hydrogen-bond acceptors (Lipinski definition) is 5. The van der Waals surface area contributed by atoms with Gasteiger partial charge in [-0.15, -0.1) is 6.58 Å². The van der Waals surface area contributed by atoms with E-state index in [-0.39, 0.29) is 18.2 Å². The molecule has 4 amide bonds. The van der Waals surface area contributed by atoms with Gasteiger partial charge in [0.15, 0.2) is 11.5 Å². The Kier molecular flexibility index (Phi) is 8.56. The number of amides is 4. The topological polar surface area (TPSA) is 84.9 Å². The summed E-state index contributed by atoms with van der Waals surface area (Å²) < 4.78 is 11.7. The quantitative estimate of drug-likeness (QED) is 0.247. The third-order valence-corrected chi connectivity index (χ3v) is 7.10. The van der Waals surface area contributed by atoms with Crippen molar-refractivity contribution in [2.75, 3.05) is 7.11 Å². The summed E-state index contributed by atoms with van der Waals surface area (Å²) in [6.45, 7) is 4.00. The number of barbiturate groups is 1. The number of urea groups is 1. The van der Waals surface area contributed by atoms with Crippen LogP contribution in [-0.2, 0) is 22.6 Å². The number of benzene rings is 2. The minimum Gasteiger partial charge on any atom is -0.493 e. The minimum absolute atomic E-state index is 0.0987. The fraction of sp³-hybridized carbons (Fsp3) is 0.321. The van der Waals surface area contributed by atoms with Gasteiger partial charge < -0.3 is 9.47 Å². The second-order valence-corrected chi connectivity index (χ2v) is 9.86. The van der Waals surface area contributed by atoms with Crippen molar-refractivity contribution < 1.29 is 23.9 Å². The normalized spacial score (nSPS) is 17.6. The number of halogens is 2. The Morgan fingerprint density at radius 3 is 2.51 bits per heavy atom. The molecule has 9 heteroatoms. The molecule has 1 saturated heterocycles. The third kappa shape index (κ3) is 6.00. The summed E-state index contributed by atoms with van der Waals surface area (Å²) in [6.07, 6.45) is 8.09. The maximum atomic E-state index is 13.3. The maximum Gasteiger partial charge on any atom is 0.331 e. The van der Waals surface area contributed by atoms with Crippen LogP contribution in [0.25, 0.3) is 6.08 Å². The number of methoxy groups -OCH3 is 1. The fourth-order valence-electron chi connectivity index (χ4n) is 4.69. The average Bonchev–Trinajstić information content (AvgIpc) is 2.87. The molecule has 1 N–H and O–H groups in total. The first-order valence-corrected chi connectivity index (χ1v) is 12.9. The molecular weight excluding hydrogens is 515 g/mol. The van der Waals surface area contributed by atoms with Crippen molar-refractivity contribution in [2.45, 2.75) is 51.2 Å². The summed E-state index contributed by atoms with van der Waals surface area (Å²) in [7, 11) is 1.51. The number of rotatable bonds is 8. The van der Waals surface area contributed by atoms with E-state index in [2.05, 4.69) is 11.9 Å². The molecule has 0 radical (unpaired) electrons. The molecule has 0 atom stereocenters. The van der Waals surface area contributed by atoms with Crippen molar-refractivity contribution >= 4 is 47.1 Å². The number of nitrogens with one attached hydrogen (secondary N) is 1. The van der Waals surface area contributed by atoms with Gasteiger partial charge in [0.2, 0.25) is 0 Å². The smallest absolute Gasteiger partial charge is 0.331 e. The third-order valence-electron chi connectivity index (χ3n) is 6.51. The van der Waals surface area contributed by atoms with Crippen LogP contribution in [0.3, 0.4) is 0 Å². The zero-order chi connectivity index (χ0) is 26.5. The van der Waals surface area contributed by atoms with E-state index in [4.69, 9.17) is 32.7 Å². The van der Waals surface area contributed by atoms with Crippen LogP contribution < -0.4 is 14.8 Å². The van der Waals surface area contributed by atoms with E-state index in [9.17, 15) is 14.4 Å². The molecular formula is C28H28Cl2N2O5. The highest BCUT2D eigenvalue weighted by molar-refractivity contribution is 6.35. The summed E-state index contributed by atoms with van der Waals surface area (Å²) in [4.78, 5) is 39.6. The Bertz CT molecular complexity index is 1270. The number of hydrogen-bond donors (Lipinski definition) is 1. The lowest BCUT2D eigenvalue weighted by Gasteiger charge is -2.35. The molecule has 1 aliphatic carbocycles. The van der Waals surface area contributed by atoms with Gasteiger partial charge in [-0.25, -0.2) is 4.79 Å². The Balaban J connectivity index is 1.66. The first kappa shape index (κ1) is 26.8. The van der Waals surface area contributed by atoms with Crippen LogP contribution in [0.4, 0.5) is 4.79 Å². The highest BCUT2D eigenvalue weighted by Gasteiger charge is 2.40. The molecule has 0 unspecified atom stereocenters. The molecule has 2 aromatic carbocycles. The van der Waals surface area contributed by atoms with Crippen molar-refractivity contribution in [3.63, 3.8) is 0 Å². The molecule has 194 valence electrons. The molecule has 7 nitrogen and oxygen atoms in total. The number of allylic oxidation sites excluding steroid dienone is 1. The lowest BCUT2D eigenvalue weighted by Crippen LogP contribution is -2.58. The Labute approximate surface area is 226 Å². The van der Waals surface area contributed by atoms with Crippen LogP contribution in [0.1, 0.15) is 48.8 Å². The maximum absolute atomic E-state index is 13.3. The first-order chi connectivity index (χ1) is 17.8. The van der Waals surface area contributed by atoms with Crippen LogP contribution in [0.5, 0.6) is 11.5 Å². The number of carbonyl (C=O) groups excluding carboxylic acids is 3. The zero-order valence-electron chi connectivity index (χ0n) is 20.5. The monoisotopic (exact) mass is 542 g/mol. The highest BCUT2D eigenvalue weighted by atomic mass is 35.5. The summed E-state index contributed by atoms with van der Waals surface area (Å²) in [5.41, 5.74) is 1.95. The highest BCUT2D eigenvalue weighted by Crippen LogP contribution is 2.36. The average molecular weight is 543 g/mol. The summed E-state index contributed by atoms with van der Waals surface area (Å²) in [5, 5.41) is 3.33. The summed E-state index contributed by atoms with van der Waals surface area (Å²) in [5.74, 6) is -0.388. The molecule has 1 saturated carbocycles. The standard InChI is InChI=1S/C28H28Cl2N2O5/c1-3-7-18-12-17(14-24(36-2)25(18)37-16-19-10-11-20(29)15-23(19)30)13-22-26(33)31-28(35)32(27(22)34)21-8-5-4-6-9-21/h3,10-15,21H,1,4-9,16H2,2H3,(H,31,33,35). The number of carbonyl (C=O) groups is 3. The van der Waals surface area contributed by atoms with Gasteiger partial charge in [0.25, 0.3) is 11.8 Å². The largest absolute Gasteiger partial charge is 0.493 e. The molecule has 2 aliphatic rings. The molecule has 1 aliphatic heterocycles. The van der Waals surface area contributed by atoms with E-state index >= 15 is 0 Å². The van der Waals surface area contributed by atoms with Gasteiger partial charge in [-0.1, -0.05) is 54.6 Å². The molecule has 1 heterocycles. The summed E-state index contributed by atoms with van der Waals surface area (Å²) in [6, 6.07) is 7.78. The molecule has 2 aromatic rings. The lowest BCUT2D eigenvalue weighted by atomic mass is 9.93. The van der Waals surface area contributed by atoms with Gasteiger partial charge in [0.05, 0.1) is 7.11 Å². The van der Waals surface area contributed by atoms with Crippen LogP contribution in [-0.4, -0.2) is 35.9 Å². The van der Waals surface area contributed by atoms with E-state index in [0.29, 0.717) is 33.5 Å². The molecule has 4 rings (SSSR count). The van der Waals surface area contributed by atoms with Crippen LogP contribution in [0.2, 0.25) is 10.0 Å². The molecule has 0 spiro atoms. The van der Waals surface area contributed by atoms with Gasteiger partial charge in [-0.3, -0.25) is 19.8 Å². The Morgan fingerprint density at radius 2 is 1.84 bits per heavy atom. The van der Waals surface area contributed by atoms with Crippen molar-refractivity contribution in [3.05, 3.63) is 75.3 Å². The second-order valence-electron chi connectivity index (χ2n) is 9.01. The van der Waals surface area contributed by atoms with Crippen molar-refractivity contribution in [1.82, 2.24) is 10.2 Å². The van der Waals surface area contributed by atoms with Gasteiger partial charge in [-0.05, 0) is 55.2 Å². The molecule has 37 heavy (non-hydrogen) atoms. The van der Waals surface area contributed by atoms with E-state index in [1.54, 1.807) is 36.4 Å². The van der Waals surface area contributed by atoms with Crippen molar-refractivity contribution in [3.8, 4) is 11.5 Å².